The van der Waals surface area contributed by atoms with Crippen LogP contribution in [0.15, 0.2) is 59.5 Å². The van der Waals surface area contributed by atoms with E-state index in [9.17, 15) is 10.4 Å². The molecule has 1 saturated heterocycles. The minimum Gasteiger partial charge on any atom is -0.489 e. The molecule has 0 radical (unpaired) electrons. The molecule has 1 aliphatic rings. The minimum atomic E-state index is -0.979. The van der Waals surface area contributed by atoms with Gasteiger partial charge in [0.1, 0.15) is 24.2 Å². The second-order valence-electron chi connectivity index (χ2n) is 9.57. The Bertz CT molecular complexity index is 1490. The largest absolute Gasteiger partial charge is 0.489 e. The summed E-state index contributed by atoms with van der Waals surface area (Å²) in [6.07, 6.45) is 6.82. The van der Waals surface area contributed by atoms with Crippen LogP contribution in [-0.2, 0) is 10.7 Å². The minimum absolute atomic E-state index is 0.0562. The molecule has 0 aliphatic carbocycles. The van der Waals surface area contributed by atoms with E-state index in [1.165, 1.54) is 0 Å². The SMILES string of the molecule is COc1ccc(N=S2CCN(c3ccc(-c4cc(OCC(C)(C)O)cn5ncc(C#N)c45)cn3)CC2)cn1. The zero-order chi connectivity index (χ0) is 26.7. The molecule has 0 saturated carbocycles. The number of ether oxygens (including phenoxy) is 2. The van der Waals surface area contributed by atoms with Crippen LogP contribution in [0, 0.1) is 11.3 Å². The molecule has 11 heteroatoms. The normalized spacial score (nSPS) is 14.3. The van der Waals surface area contributed by atoms with Crippen molar-refractivity contribution in [1.82, 2.24) is 19.6 Å². The Balaban J connectivity index is 1.34. The predicted octanol–water partition coefficient (Wildman–Crippen LogP) is 3.77. The molecule has 38 heavy (non-hydrogen) atoms. The number of aliphatic hydroxyl groups is 1. The van der Waals surface area contributed by atoms with Gasteiger partial charge in [-0.25, -0.2) is 18.8 Å². The molecule has 1 fully saturated rings. The molecule has 4 aromatic heterocycles. The lowest BCUT2D eigenvalue weighted by molar-refractivity contribution is 0.0283. The lowest BCUT2D eigenvalue weighted by atomic mass is 10.1. The maximum atomic E-state index is 10.1. The van der Waals surface area contributed by atoms with Crippen molar-refractivity contribution in [3.63, 3.8) is 0 Å². The number of aromatic nitrogens is 4. The quantitative estimate of drug-likeness (QED) is 0.383. The van der Waals surface area contributed by atoms with Crippen LogP contribution >= 0.6 is 0 Å². The van der Waals surface area contributed by atoms with Gasteiger partial charge in [-0.2, -0.15) is 10.4 Å². The lowest BCUT2D eigenvalue weighted by Gasteiger charge is -2.29. The summed E-state index contributed by atoms with van der Waals surface area (Å²) in [7, 11) is 1.55. The molecule has 0 atom stereocenters. The number of nitrogens with zero attached hydrogens (tertiary/aromatic N) is 7. The van der Waals surface area contributed by atoms with Gasteiger partial charge in [-0.1, -0.05) is 10.7 Å². The number of hydrogen-bond acceptors (Lipinski definition) is 9. The average molecular weight is 532 g/mol. The average Bonchev–Trinajstić information content (AvgIpc) is 3.35. The highest BCUT2D eigenvalue weighted by Crippen LogP contribution is 2.32. The van der Waals surface area contributed by atoms with Gasteiger partial charge in [-0.05, 0) is 38.1 Å². The third kappa shape index (κ3) is 5.77. The van der Waals surface area contributed by atoms with Crippen LogP contribution in [0.4, 0.5) is 11.5 Å². The second-order valence-corrected chi connectivity index (χ2v) is 11.5. The zero-order valence-corrected chi connectivity index (χ0v) is 22.4. The first-order chi connectivity index (χ1) is 18.3. The van der Waals surface area contributed by atoms with E-state index in [-0.39, 0.29) is 17.3 Å². The van der Waals surface area contributed by atoms with Crippen molar-refractivity contribution < 1.29 is 14.6 Å². The van der Waals surface area contributed by atoms with E-state index in [1.54, 1.807) is 44.1 Å². The second kappa shape index (κ2) is 10.8. The summed E-state index contributed by atoms with van der Waals surface area (Å²) < 4.78 is 17.4. The number of anilines is 1. The third-order valence-electron chi connectivity index (χ3n) is 6.04. The van der Waals surface area contributed by atoms with Crippen LogP contribution in [0.2, 0.25) is 0 Å². The van der Waals surface area contributed by atoms with Gasteiger partial charge in [0.15, 0.2) is 0 Å². The highest BCUT2D eigenvalue weighted by molar-refractivity contribution is 7.87. The molecule has 0 bridgehead atoms. The van der Waals surface area contributed by atoms with E-state index >= 15 is 0 Å². The van der Waals surface area contributed by atoms with Crippen molar-refractivity contribution in [3.8, 4) is 28.8 Å². The summed E-state index contributed by atoms with van der Waals surface area (Å²) in [6, 6.07) is 11.9. The maximum Gasteiger partial charge on any atom is 0.213 e. The van der Waals surface area contributed by atoms with Crippen molar-refractivity contribution in [2.45, 2.75) is 19.4 Å². The van der Waals surface area contributed by atoms with Gasteiger partial charge in [0.05, 0.1) is 48.1 Å². The van der Waals surface area contributed by atoms with Crippen molar-refractivity contribution >= 4 is 27.7 Å². The summed E-state index contributed by atoms with van der Waals surface area (Å²) in [5, 5.41) is 24.0. The Kier molecular flexibility index (Phi) is 7.26. The molecular weight excluding hydrogens is 502 g/mol. The summed E-state index contributed by atoms with van der Waals surface area (Å²) >= 11 is 0. The van der Waals surface area contributed by atoms with Crippen LogP contribution in [0.5, 0.6) is 11.6 Å². The highest BCUT2D eigenvalue weighted by atomic mass is 32.2. The van der Waals surface area contributed by atoms with E-state index in [2.05, 4.69) is 21.1 Å². The molecule has 0 spiro atoms. The van der Waals surface area contributed by atoms with Gasteiger partial charge in [0.25, 0.3) is 0 Å². The predicted molar refractivity (Wildman–Crippen MR) is 147 cm³/mol. The van der Waals surface area contributed by atoms with Gasteiger partial charge in [-0.15, -0.1) is 0 Å². The Morgan fingerprint density at radius 1 is 1.13 bits per heavy atom. The topological polar surface area (TPSA) is 121 Å². The molecule has 0 aromatic carbocycles. The van der Waals surface area contributed by atoms with Crippen LogP contribution < -0.4 is 14.4 Å². The molecule has 0 unspecified atom stereocenters. The number of pyridine rings is 3. The summed E-state index contributed by atoms with van der Waals surface area (Å²) in [5.74, 6) is 3.95. The first-order valence-corrected chi connectivity index (χ1v) is 13.7. The first-order valence-electron chi connectivity index (χ1n) is 12.2. The molecular formula is C27H29N7O3S. The molecule has 0 amide bonds. The lowest BCUT2D eigenvalue weighted by Crippen LogP contribution is -2.38. The van der Waals surface area contributed by atoms with Gasteiger partial charge in [0, 0.05) is 48.0 Å². The summed E-state index contributed by atoms with van der Waals surface area (Å²) in [6.45, 7) is 5.23. The zero-order valence-electron chi connectivity index (χ0n) is 21.5. The van der Waals surface area contributed by atoms with E-state index in [4.69, 9.17) is 18.8 Å². The molecule has 5 rings (SSSR count). The van der Waals surface area contributed by atoms with Gasteiger partial charge in [-0.3, -0.25) is 0 Å². The van der Waals surface area contributed by atoms with E-state index in [0.717, 1.165) is 47.2 Å². The van der Waals surface area contributed by atoms with Gasteiger partial charge < -0.3 is 19.5 Å². The van der Waals surface area contributed by atoms with Crippen molar-refractivity contribution in [3.05, 3.63) is 60.7 Å². The third-order valence-corrected chi connectivity index (χ3v) is 7.82. The molecule has 10 nitrogen and oxygen atoms in total. The molecule has 1 N–H and O–H groups in total. The Labute approximate surface area is 223 Å². The molecule has 4 aromatic rings. The van der Waals surface area contributed by atoms with Gasteiger partial charge in [0.2, 0.25) is 5.88 Å². The summed E-state index contributed by atoms with van der Waals surface area (Å²) in [5.41, 5.74) is 2.70. The Hall–Kier alpha value is -4.01. The molecule has 196 valence electrons. The maximum absolute atomic E-state index is 10.1. The molecule has 1 aliphatic heterocycles. The van der Waals surface area contributed by atoms with Crippen molar-refractivity contribution in [2.24, 2.45) is 4.36 Å². The molecule has 5 heterocycles. The van der Waals surface area contributed by atoms with Gasteiger partial charge >= 0.3 is 0 Å². The summed E-state index contributed by atoms with van der Waals surface area (Å²) in [4.78, 5) is 11.3. The monoisotopic (exact) mass is 531 g/mol. The Morgan fingerprint density at radius 3 is 2.58 bits per heavy atom. The number of methoxy groups -OCH3 is 1. The van der Waals surface area contributed by atoms with E-state index in [1.807, 2.05) is 36.5 Å². The van der Waals surface area contributed by atoms with Crippen molar-refractivity contribution in [2.75, 3.05) is 43.2 Å². The number of rotatable bonds is 7. The van der Waals surface area contributed by atoms with Crippen LogP contribution in [0.25, 0.3) is 16.6 Å². The smallest absolute Gasteiger partial charge is 0.213 e. The fourth-order valence-corrected chi connectivity index (χ4v) is 5.79. The number of hydrogen-bond donors (Lipinski definition) is 1. The highest BCUT2D eigenvalue weighted by Gasteiger charge is 2.19. The fourth-order valence-electron chi connectivity index (χ4n) is 4.13. The van der Waals surface area contributed by atoms with Crippen LogP contribution in [-0.4, -0.2) is 68.6 Å². The van der Waals surface area contributed by atoms with Crippen LogP contribution in [0.3, 0.4) is 0 Å². The first kappa shape index (κ1) is 25.6. The standard InChI is InChI=1S/C27H29N7O3S/c1-27(2,35)18-37-22-12-23(26-20(13-28)15-31-34(26)17-22)19-4-6-24(29-14-19)33-8-10-38(11-9-33)32-21-5-7-25(36-3)30-16-21/h4-7,12,14-17,35H,8-11,18H2,1-3H3. The van der Waals surface area contributed by atoms with Crippen molar-refractivity contribution in [1.29, 1.82) is 5.26 Å². The number of fused-ring (bicyclic) bond motifs is 1. The Morgan fingerprint density at radius 2 is 1.95 bits per heavy atom. The number of nitriles is 1. The van der Waals surface area contributed by atoms with Crippen LogP contribution in [0.1, 0.15) is 19.4 Å². The van der Waals surface area contributed by atoms with E-state index < -0.39 is 5.60 Å². The van der Waals surface area contributed by atoms with E-state index in [0.29, 0.717) is 22.7 Å². The fraction of sp³-hybridized carbons (Fsp3) is 0.333.